The third-order valence-corrected chi connectivity index (χ3v) is 5.28. The quantitative estimate of drug-likeness (QED) is 0.276. The SMILES string of the molecule is CCOc1cc(/C=C2\C=C(c3ccc(Br)cc3)OC2=O)ccc1OCc1ccc(F)cc1. The molecule has 0 unspecified atom stereocenters. The molecule has 6 heteroatoms. The van der Waals surface area contributed by atoms with Crippen LogP contribution in [0, 0.1) is 5.82 Å². The van der Waals surface area contributed by atoms with Gasteiger partial charge in [-0.2, -0.15) is 0 Å². The normalized spacial score (nSPS) is 14.3. The first kappa shape index (κ1) is 21.8. The Bertz CT molecular complexity index is 1180. The van der Waals surface area contributed by atoms with Crippen molar-refractivity contribution in [2.24, 2.45) is 0 Å². The Morgan fingerprint density at radius 1 is 0.969 bits per heavy atom. The van der Waals surface area contributed by atoms with Crippen LogP contribution in [0.1, 0.15) is 23.6 Å². The summed E-state index contributed by atoms with van der Waals surface area (Å²) in [4.78, 5) is 12.4. The van der Waals surface area contributed by atoms with Crippen LogP contribution in [0.25, 0.3) is 11.8 Å². The zero-order valence-electron chi connectivity index (χ0n) is 17.3. The molecule has 0 spiro atoms. The Hall–Kier alpha value is -3.38. The van der Waals surface area contributed by atoms with Gasteiger partial charge in [0.2, 0.25) is 0 Å². The van der Waals surface area contributed by atoms with E-state index < -0.39 is 5.97 Å². The van der Waals surface area contributed by atoms with E-state index in [0.717, 1.165) is 21.2 Å². The smallest absolute Gasteiger partial charge is 0.343 e. The van der Waals surface area contributed by atoms with Crippen LogP contribution < -0.4 is 9.47 Å². The van der Waals surface area contributed by atoms with E-state index in [2.05, 4.69) is 15.9 Å². The molecule has 1 aliphatic rings. The molecule has 0 atom stereocenters. The lowest BCUT2D eigenvalue weighted by Gasteiger charge is -2.13. The molecular weight excluding hydrogens is 475 g/mol. The molecule has 4 rings (SSSR count). The molecule has 0 fully saturated rings. The van der Waals surface area contributed by atoms with Gasteiger partial charge in [-0.1, -0.05) is 46.3 Å². The standard InChI is InChI=1S/C26H20BrFO4/c1-2-30-25-14-18(5-12-23(25)31-16-17-3-10-22(28)11-4-17)13-20-15-24(32-26(20)29)19-6-8-21(27)9-7-19/h3-15H,2,16H2,1H3/b20-13+. The van der Waals surface area contributed by atoms with Crippen molar-refractivity contribution in [3.63, 3.8) is 0 Å². The maximum absolute atomic E-state index is 13.1. The summed E-state index contributed by atoms with van der Waals surface area (Å²) in [5.74, 6) is 0.949. The summed E-state index contributed by atoms with van der Waals surface area (Å²) in [6.45, 7) is 2.63. The minimum atomic E-state index is -0.405. The minimum absolute atomic E-state index is 0.284. The van der Waals surface area contributed by atoms with E-state index in [1.807, 2.05) is 43.3 Å². The fourth-order valence-electron chi connectivity index (χ4n) is 3.17. The van der Waals surface area contributed by atoms with Crippen LogP contribution in [-0.2, 0) is 16.1 Å². The monoisotopic (exact) mass is 494 g/mol. The van der Waals surface area contributed by atoms with E-state index in [9.17, 15) is 9.18 Å². The molecule has 162 valence electrons. The van der Waals surface area contributed by atoms with Gasteiger partial charge in [-0.05, 0) is 66.6 Å². The lowest BCUT2D eigenvalue weighted by Crippen LogP contribution is -2.00. The van der Waals surface area contributed by atoms with Crippen molar-refractivity contribution in [1.82, 2.24) is 0 Å². The maximum Gasteiger partial charge on any atom is 0.343 e. The average molecular weight is 495 g/mol. The van der Waals surface area contributed by atoms with Crippen molar-refractivity contribution in [2.75, 3.05) is 6.61 Å². The van der Waals surface area contributed by atoms with Gasteiger partial charge < -0.3 is 14.2 Å². The lowest BCUT2D eigenvalue weighted by molar-refractivity contribution is -0.130. The third-order valence-electron chi connectivity index (χ3n) is 4.75. The van der Waals surface area contributed by atoms with Crippen LogP contribution in [0.4, 0.5) is 4.39 Å². The molecule has 0 saturated carbocycles. The van der Waals surface area contributed by atoms with Gasteiger partial charge >= 0.3 is 5.97 Å². The summed E-state index contributed by atoms with van der Waals surface area (Å²) in [6.07, 6.45) is 3.48. The number of ether oxygens (including phenoxy) is 3. The summed E-state index contributed by atoms with van der Waals surface area (Å²) in [7, 11) is 0. The molecule has 0 saturated heterocycles. The van der Waals surface area contributed by atoms with E-state index >= 15 is 0 Å². The van der Waals surface area contributed by atoms with Crippen LogP contribution in [-0.4, -0.2) is 12.6 Å². The van der Waals surface area contributed by atoms with E-state index in [4.69, 9.17) is 14.2 Å². The number of carbonyl (C=O) groups is 1. The summed E-state index contributed by atoms with van der Waals surface area (Å²) >= 11 is 3.40. The summed E-state index contributed by atoms with van der Waals surface area (Å²) in [5.41, 5.74) is 2.90. The first-order valence-corrected chi connectivity index (χ1v) is 10.9. The van der Waals surface area contributed by atoms with Gasteiger partial charge in [0.25, 0.3) is 0 Å². The topological polar surface area (TPSA) is 44.8 Å². The Balaban J connectivity index is 1.54. The zero-order chi connectivity index (χ0) is 22.5. The van der Waals surface area contributed by atoms with Crippen molar-refractivity contribution in [3.8, 4) is 11.5 Å². The third kappa shape index (κ3) is 5.26. The molecule has 0 N–H and O–H groups in total. The second-order valence-electron chi connectivity index (χ2n) is 7.06. The van der Waals surface area contributed by atoms with E-state index in [0.29, 0.717) is 29.4 Å². The molecule has 4 nitrogen and oxygen atoms in total. The molecule has 1 aliphatic heterocycles. The van der Waals surface area contributed by atoms with E-state index in [1.54, 1.807) is 30.4 Å². The number of cyclic esters (lactones) is 1. The number of carbonyl (C=O) groups excluding carboxylic acids is 1. The Kier molecular flexibility index (Phi) is 6.71. The summed E-state index contributed by atoms with van der Waals surface area (Å²) in [6, 6.07) is 19.1. The Morgan fingerprint density at radius 2 is 1.72 bits per heavy atom. The molecule has 0 bridgehead atoms. The Morgan fingerprint density at radius 3 is 2.44 bits per heavy atom. The molecule has 0 aliphatic carbocycles. The highest BCUT2D eigenvalue weighted by Crippen LogP contribution is 2.32. The van der Waals surface area contributed by atoms with Crippen LogP contribution in [0.3, 0.4) is 0 Å². The van der Waals surface area contributed by atoms with E-state index in [-0.39, 0.29) is 12.4 Å². The van der Waals surface area contributed by atoms with Crippen molar-refractivity contribution in [3.05, 3.63) is 105 Å². The number of halogens is 2. The second kappa shape index (κ2) is 9.83. The first-order valence-electron chi connectivity index (χ1n) is 10.1. The highest BCUT2D eigenvalue weighted by molar-refractivity contribution is 9.10. The van der Waals surface area contributed by atoms with Gasteiger partial charge in [0, 0.05) is 10.0 Å². The summed E-state index contributed by atoms with van der Waals surface area (Å²) < 4.78 is 31.1. The van der Waals surface area contributed by atoms with Crippen molar-refractivity contribution < 1.29 is 23.4 Å². The number of esters is 1. The predicted octanol–water partition coefficient (Wildman–Crippen LogP) is 6.55. The Labute approximate surface area is 194 Å². The van der Waals surface area contributed by atoms with Gasteiger partial charge in [0.15, 0.2) is 11.5 Å². The molecule has 0 aromatic heterocycles. The molecular formula is C26H20BrFO4. The largest absolute Gasteiger partial charge is 0.490 e. The highest BCUT2D eigenvalue weighted by Gasteiger charge is 2.22. The number of benzene rings is 3. The maximum atomic E-state index is 13.1. The number of hydrogen-bond acceptors (Lipinski definition) is 4. The van der Waals surface area contributed by atoms with Gasteiger partial charge in [-0.15, -0.1) is 0 Å². The minimum Gasteiger partial charge on any atom is -0.490 e. The van der Waals surface area contributed by atoms with Crippen molar-refractivity contribution >= 4 is 33.7 Å². The van der Waals surface area contributed by atoms with Crippen LogP contribution in [0.5, 0.6) is 11.5 Å². The van der Waals surface area contributed by atoms with Gasteiger partial charge in [0.05, 0.1) is 12.2 Å². The van der Waals surface area contributed by atoms with Gasteiger partial charge in [0.1, 0.15) is 18.2 Å². The highest BCUT2D eigenvalue weighted by atomic mass is 79.9. The molecule has 0 amide bonds. The molecule has 3 aromatic rings. The fraction of sp³-hybridized carbons (Fsp3) is 0.115. The van der Waals surface area contributed by atoms with Gasteiger partial charge in [-0.3, -0.25) is 0 Å². The number of hydrogen-bond donors (Lipinski definition) is 0. The van der Waals surface area contributed by atoms with Gasteiger partial charge in [-0.25, -0.2) is 9.18 Å². The second-order valence-corrected chi connectivity index (χ2v) is 7.97. The van der Waals surface area contributed by atoms with Crippen LogP contribution in [0.2, 0.25) is 0 Å². The zero-order valence-corrected chi connectivity index (χ0v) is 18.9. The van der Waals surface area contributed by atoms with Crippen LogP contribution in [0.15, 0.2) is 82.9 Å². The van der Waals surface area contributed by atoms with E-state index in [1.165, 1.54) is 12.1 Å². The molecule has 0 radical (unpaired) electrons. The van der Waals surface area contributed by atoms with Crippen molar-refractivity contribution in [2.45, 2.75) is 13.5 Å². The average Bonchev–Trinajstić information content (AvgIpc) is 3.15. The molecule has 1 heterocycles. The molecule has 3 aromatic carbocycles. The van der Waals surface area contributed by atoms with Crippen LogP contribution >= 0.6 is 15.9 Å². The lowest BCUT2D eigenvalue weighted by atomic mass is 10.1. The van der Waals surface area contributed by atoms with Crippen molar-refractivity contribution in [1.29, 1.82) is 0 Å². The first-order chi connectivity index (χ1) is 15.5. The molecule has 32 heavy (non-hydrogen) atoms. The predicted molar refractivity (Wildman–Crippen MR) is 125 cm³/mol. The fourth-order valence-corrected chi connectivity index (χ4v) is 3.43. The number of rotatable bonds is 7. The summed E-state index contributed by atoms with van der Waals surface area (Å²) in [5, 5.41) is 0.